The van der Waals surface area contributed by atoms with Crippen molar-refractivity contribution in [1.82, 2.24) is 25.3 Å². The summed E-state index contributed by atoms with van der Waals surface area (Å²) in [6.45, 7) is 0. The molecule has 0 aliphatic heterocycles. The van der Waals surface area contributed by atoms with Gasteiger partial charge in [-0.2, -0.15) is 5.10 Å². The number of halogens is 4. The number of carbonyl (C=O) groups excluding carboxylic acids is 1. The first-order valence-corrected chi connectivity index (χ1v) is 15.5. The molecule has 7 rings (SSSR count). The Hall–Kier alpha value is -3.17. The van der Waals surface area contributed by atoms with Gasteiger partial charge in [-0.05, 0) is 80.1 Å². The first-order chi connectivity index (χ1) is 20.3. The number of aromatic nitrogens is 4. The van der Waals surface area contributed by atoms with Gasteiger partial charge < -0.3 is 9.73 Å². The number of nitrogens with one attached hydrogen (secondary N) is 1. The van der Waals surface area contributed by atoms with Crippen LogP contribution in [-0.4, -0.2) is 31.9 Å². The Balaban J connectivity index is 1.42. The van der Waals surface area contributed by atoms with Crippen LogP contribution in [0, 0.1) is 0 Å². The van der Waals surface area contributed by atoms with Crippen LogP contribution in [-0.2, 0) is 5.41 Å². The standard InChI is InChI=1S/C31H23BrCl3N5O2/c32-19-8-4-17(5-9-19)27-25(28(41)36-22-2-1-3-22)26(39-40(27)24-13-12-21(34)16-23(24)35)29-37-38-30(42-29)31(14-15-31)18-6-10-20(33)11-7-18/h4-13,16,22H,1-3,14-15H2,(H,36,41). The van der Waals surface area contributed by atoms with E-state index in [2.05, 4.69) is 31.4 Å². The molecule has 0 radical (unpaired) electrons. The van der Waals surface area contributed by atoms with Crippen molar-refractivity contribution in [2.75, 3.05) is 0 Å². The van der Waals surface area contributed by atoms with Crippen molar-refractivity contribution < 1.29 is 9.21 Å². The second kappa shape index (κ2) is 10.8. The van der Waals surface area contributed by atoms with Crippen molar-refractivity contribution in [3.63, 3.8) is 0 Å². The average Bonchev–Trinajstić information content (AvgIpc) is 3.43. The molecule has 2 heterocycles. The molecule has 0 spiro atoms. The van der Waals surface area contributed by atoms with Gasteiger partial charge in [-0.15, -0.1) is 10.2 Å². The molecule has 3 aromatic carbocycles. The molecule has 1 amide bonds. The molecule has 11 heteroatoms. The topological polar surface area (TPSA) is 85.8 Å². The zero-order chi connectivity index (χ0) is 29.0. The van der Waals surface area contributed by atoms with Gasteiger partial charge >= 0.3 is 0 Å². The molecule has 0 bridgehead atoms. The van der Waals surface area contributed by atoms with Crippen molar-refractivity contribution in [3.8, 4) is 28.5 Å². The quantitative estimate of drug-likeness (QED) is 0.186. The normalized spacial score (nSPS) is 15.8. The fourth-order valence-electron chi connectivity index (χ4n) is 5.33. The van der Waals surface area contributed by atoms with E-state index in [1.807, 2.05) is 48.5 Å². The fraction of sp³-hybridized carbons (Fsp3) is 0.226. The first kappa shape index (κ1) is 27.7. The van der Waals surface area contributed by atoms with Crippen LogP contribution in [0.2, 0.25) is 15.1 Å². The summed E-state index contributed by atoms with van der Waals surface area (Å²) in [7, 11) is 0. The molecular formula is C31H23BrCl3N5O2. The van der Waals surface area contributed by atoms with Crippen LogP contribution >= 0.6 is 50.7 Å². The summed E-state index contributed by atoms with van der Waals surface area (Å²) in [4.78, 5) is 14.0. The van der Waals surface area contributed by atoms with Gasteiger partial charge in [-0.1, -0.05) is 75.0 Å². The minimum absolute atomic E-state index is 0.100. The molecule has 2 aliphatic rings. The molecular weight excluding hydrogens is 661 g/mol. The van der Waals surface area contributed by atoms with Gasteiger partial charge in [-0.25, -0.2) is 4.68 Å². The Morgan fingerprint density at radius 3 is 2.31 bits per heavy atom. The van der Waals surface area contributed by atoms with Gasteiger partial charge in [-0.3, -0.25) is 4.79 Å². The first-order valence-electron chi connectivity index (χ1n) is 13.6. The van der Waals surface area contributed by atoms with Crippen LogP contribution in [0.25, 0.3) is 28.5 Å². The molecule has 2 saturated carbocycles. The number of carbonyl (C=O) groups is 1. The number of rotatable bonds is 7. The van der Waals surface area contributed by atoms with Crippen molar-refractivity contribution in [2.45, 2.75) is 43.6 Å². The molecule has 0 unspecified atom stereocenters. The maximum absolute atomic E-state index is 14.0. The summed E-state index contributed by atoms with van der Waals surface area (Å²) < 4.78 is 8.91. The maximum Gasteiger partial charge on any atom is 0.269 e. The largest absolute Gasteiger partial charge is 0.418 e. The highest BCUT2D eigenvalue weighted by atomic mass is 79.9. The minimum atomic E-state index is -0.388. The summed E-state index contributed by atoms with van der Waals surface area (Å²) in [6, 6.07) is 20.6. The number of amides is 1. The van der Waals surface area contributed by atoms with Gasteiger partial charge in [0.15, 0.2) is 5.69 Å². The summed E-state index contributed by atoms with van der Waals surface area (Å²) >= 11 is 22.6. The number of hydrogen-bond donors (Lipinski definition) is 1. The van der Waals surface area contributed by atoms with Crippen LogP contribution in [0.4, 0.5) is 0 Å². The lowest BCUT2D eigenvalue weighted by atomic mass is 9.92. The zero-order valence-electron chi connectivity index (χ0n) is 22.1. The smallest absolute Gasteiger partial charge is 0.269 e. The molecule has 212 valence electrons. The molecule has 2 fully saturated rings. The molecule has 1 N–H and O–H groups in total. The van der Waals surface area contributed by atoms with E-state index in [9.17, 15) is 4.79 Å². The third-order valence-electron chi connectivity index (χ3n) is 7.99. The van der Waals surface area contributed by atoms with E-state index in [0.717, 1.165) is 47.7 Å². The predicted molar refractivity (Wildman–Crippen MR) is 167 cm³/mol. The van der Waals surface area contributed by atoms with Crippen LogP contribution in [0.1, 0.15) is 53.9 Å². The van der Waals surface area contributed by atoms with Crippen molar-refractivity contribution >= 4 is 56.6 Å². The van der Waals surface area contributed by atoms with Gasteiger partial charge in [0, 0.05) is 26.1 Å². The van der Waals surface area contributed by atoms with Crippen LogP contribution in [0.3, 0.4) is 0 Å². The van der Waals surface area contributed by atoms with Gasteiger partial charge in [0.1, 0.15) is 0 Å². The third-order valence-corrected chi connectivity index (χ3v) is 9.31. The Morgan fingerprint density at radius 2 is 1.67 bits per heavy atom. The highest BCUT2D eigenvalue weighted by molar-refractivity contribution is 9.10. The Bertz CT molecular complexity index is 1810. The predicted octanol–water partition coefficient (Wildman–Crippen LogP) is 8.67. The lowest BCUT2D eigenvalue weighted by Crippen LogP contribution is -2.39. The Labute approximate surface area is 265 Å². The molecule has 5 aromatic rings. The summed E-state index contributed by atoms with van der Waals surface area (Å²) in [5.74, 6) is 0.378. The zero-order valence-corrected chi connectivity index (χ0v) is 25.9. The highest BCUT2D eigenvalue weighted by Crippen LogP contribution is 2.53. The monoisotopic (exact) mass is 681 g/mol. The van der Waals surface area contributed by atoms with Gasteiger partial charge in [0.25, 0.3) is 11.8 Å². The second-order valence-corrected chi connectivity index (χ2v) is 12.9. The van der Waals surface area contributed by atoms with E-state index in [0.29, 0.717) is 37.9 Å². The molecule has 42 heavy (non-hydrogen) atoms. The third kappa shape index (κ3) is 4.94. The van der Waals surface area contributed by atoms with Crippen molar-refractivity contribution in [1.29, 1.82) is 0 Å². The van der Waals surface area contributed by atoms with Crippen molar-refractivity contribution in [3.05, 3.63) is 103 Å². The second-order valence-electron chi connectivity index (χ2n) is 10.7. The molecule has 0 saturated heterocycles. The highest BCUT2D eigenvalue weighted by Gasteiger charge is 2.51. The SMILES string of the molecule is O=C(NC1CCC1)c1c(-c2nnc(C3(c4ccc(Cl)cc4)CC3)o2)nn(-c2ccc(Cl)cc2Cl)c1-c1ccc(Br)cc1. The summed E-state index contributed by atoms with van der Waals surface area (Å²) in [5.41, 5.74) is 3.16. The summed E-state index contributed by atoms with van der Waals surface area (Å²) in [6.07, 6.45) is 4.67. The molecule has 2 aliphatic carbocycles. The number of benzene rings is 3. The van der Waals surface area contributed by atoms with E-state index in [-0.39, 0.29) is 28.9 Å². The van der Waals surface area contributed by atoms with Crippen LogP contribution in [0.15, 0.2) is 75.6 Å². The maximum atomic E-state index is 14.0. The Morgan fingerprint density at radius 1 is 0.952 bits per heavy atom. The molecule has 7 nitrogen and oxygen atoms in total. The van der Waals surface area contributed by atoms with Crippen LogP contribution < -0.4 is 5.32 Å². The minimum Gasteiger partial charge on any atom is -0.418 e. The van der Waals surface area contributed by atoms with Crippen LogP contribution in [0.5, 0.6) is 0 Å². The fourth-order valence-corrected chi connectivity index (χ4v) is 6.21. The van der Waals surface area contributed by atoms with E-state index in [4.69, 9.17) is 44.3 Å². The Kier molecular flexibility index (Phi) is 7.13. The van der Waals surface area contributed by atoms with E-state index in [1.54, 1.807) is 22.9 Å². The number of nitrogens with zero attached hydrogens (tertiary/aromatic N) is 4. The van der Waals surface area contributed by atoms with Gasteiger partial charge in [0.2, 0.25) is 5.89 Å². The lowest BCUT2D eigenvalue weighted by Gasteiger charge is -2.26. The van der Waals surface area contributed by atoms with Crippen molar-refractivity contribution in [2.24, 2.45) is 0 Å². The summed E-state index contributed by atoms with van der Waals surface area (Å²) in [5, 5.41) is 18.5. The van der Waals surface area contributed by atoms with E-state index in [1.165, 1.54) is 0 Å². The number of hydrogen-bond acceptors (Lipinski definition) is 5. The lowest BCUT2D eigenvalue weighted by molar-refractivity contribution is 0.0918. The molecule has 0 atom stereocenters. The average molecular weight is 684 g/mol. The van der Waals surface area contributed by atoms with Gasteiger partial charge in [0.05, 0.1) is 27.4 Å². The van der Waals surface area contributed by atoms with E-state index >= 15 is 0 Å². The van der Waals surface area contributed by atoms with E-state index < -0.39 is 0 Å². The molecule has 2 aromatic heterocycles.